The number of carbonyl (C=O) groups is 1. The summed E-state index contributed by atoms with van der Waals surface area (Å²) >= 11 is 0. The molecule has 0 bridgehead atoms. The van der Waals surface area contributed by atoms with Crippen LogP contribution in [-0.4, -0.2) is 56.6 Å². The van der Waals surface area contributed by atoms with Crippen LogP contribution in [0.5, 0.6) is 0 Å². The molecule has 0 radical (unpaired) electrons. The van der Waals surface area contributed by atoms with Gasteiger partial charge in [-0.25, -0.2) is 4.98 Å². The number of aryl methyl sites for hydroxylation is 1. The van der Waals surface area contributed by atoms with Crippen LogP contribution in [0.4, 0.5) is 0 Å². The highest BCUT2D eigenvalue weighted by molar-refractivity contribution is 5.84. The second kappa shape index (κ2) is 5.40. The Kier molecular flexibility index (Phi) is 3.73. The molecule has 2 fully saturated rings. The van der Waals surface area contributed by atoms with Crippen LogP contribution in [-0.2, 0) is 11.3 Å². The van der Waals surface area contributed by atoms with Crippen molar-refractivity contribution in [2.75, 3.05) is 19.6 Å². The normalized spacial score (nSPS) is 27.2. The number of piperidine rings is 1. The minimum absolute atomic E-state index is 0.159. The van der Waals surface area contributed by atoms with Crippen LogP contribution in [0.3, 0.4) is 0 Å². The van der Waals surface area contributed by atoms with E-state index in [1.165, 1.54) is 0 Å². The van der Waals surface area contributed by atoms with E-state index < -0.39 is 0 Å². The Morgan fingerprint density at radius 1 is 1.33 bits per heavy atom. The number of aromatic nitrogens is 3. The summed E-state index contributed by atoms with van der Waals surface area (Å²) < 4.78 is 0. The minimum atomic E-state index is -0.159. The number of likely N-dealkylation sites (tertiary alicyclic amines) is 2. The van der Waals surface area contributed by atoms with Gasteiger partial charge in [-0.2, -0.15) is 5.10 Å². The summed E-state index contributed by atoms with van der Waals surface area (Å²) in [5.74, 6) is 2.03. The fourth-order valence-corrected chi connectivity index (χ4v) is 3.73. The summed E-state index contributed by atoms with van der Waals surface area (Å²) in [5.41, 5.74) is -0.159. The summed E-state index contributed by atoms with van der Waals surface area (Å²) in [4.78, 5) is 21.6. The van der Waals surface area contributed by atoms with E-state index in [1.807, 2.05) is 6.92 Å². The highest BCUT2D eigenvalue weighted by Gasteiger charge is 2.48. The van der Waals surface area contributed by atoms with E-state index >= 15 is 0 Å². The Bertz CT molecular complexity index is 526. The molecule has 1 amide bonds. The van der Waals surface area contributed by atoms with Crippen molar-refractivity contribution in [3.8, 4) is 0 Å². The summed E-state index contributed by atoms with van der Waals surface area (Å²) in [5, 5.41) is 7.08. The maximum Gasteiger partial charge on any atom is 0.230 e. The first kappa shape index (κ1) is 14.5. The lowest BCUT2D eigenvalue weighted by atomic mass is 9.78. The molecule has 3 heterocycles. The van der Waals surface area contributed by atoms with Crippen molar-refractivity contribution >= 4 is 5.91 Å². The van der Waals surface area contributed by atoms with Crippen LogP contribution >= 0.6 is 0 Å². The van der Waals surface area contributed by atoms with Gasteiger partial charge in [0.05, 0.1) is 12.0 Å². The Morgan fingerprint density at radius 2 is 2.14 bits per heavy atom. The lowest BCUT2D eigenvalue weighted by molar-refractivity contribution is -0.147. The molecular weight excluding hydrogens is 266 g/mol. The second-order valence-corrected chi connectivity index (χ2v) is 6.77. The fraction of sp³-hybridized carbons (Fsp3) is 0.800. The average molecular weight is 291 g/mol. The van der Waals surface area contributed by atoms with E-state index in [4.69, 9.17) is 0 Å². The molecule has 0 saturated carbocycles. The molecule has 1 aromatic heterocycles. The van der Waals surface area contributed by atoms with Gasteiger partial charge in [-0.1, -0.05) is 0 Å². The van der Waals surface area contributed by atoms with Gasteiger partial charge in [-0.15, -0.1) is 0 Å². The van der Waals surface area contributed by atoms with Gasteiger partial charge in [-0.3, -0.25) is 14.8 Å². The lowest BCUT2D eigenvalue weighted by Gasteiger charge is -2.41. The van der Waals surface area contributed by atoms with E-state index in [0.29, 0.717) is 11.9 Å². The molecule has 0 unspecified atom stereocenters. The molecule has 116 valence electrons. The predicted octanol–water partition coefficient (Wildman–Crippen LogP) is 1.34. The summed E-state index contributed by atoms with van der Waals surface area (Å²) in [6.45, 7) is 9.60. The molecule has 0 aliphatic carbocycles. The number of nitrogens with one attached hydrogen (secondary N) is 1. The molecule has 1 aromatic rings. The monoisotopic (exact) mass is 291 g/mol. The molecular formula is C15H25N5O. The standard InChI is InChI=1S/C15H25N5O/c1-11(2)20-7-4-5-15(14(20)21)6-8-19(10-15)9-13-16-12(3)17-18-13/h11H,4-10H2,1-3H3,(H,16,17,18)/t15-/m1/s1. The average Bonchev–Trinajstić information content (AvgIpc) is 3.01. The van der Waals surface area contributed by atoms with Crippen LogP contribution < -0.4 is 0 Å². The zero-order valence-electron chi connectivity index (χ0n) is 13.2. The van der Waals surface area contributed by atoms with Gasteiger partial charge >= 0.3 is 0 Å². The van der Waals surface area contributed by atoms with Gasteiger partial charge in [0.1, 0.15) is 5.82 Å². The molecule has 21 heavy (non-hydrogen) atoms. The molecule has 2 aliphatic heterocycles. The number of carbonyl (C=O) groups excluding carboxylic acids is 1. The van der Waals surface area contributed by atoms with Crippen LogP contribution in [0, 0.1) is 12.3 Å². The zero-order chi connectivity index (χ0) is 15.0. The second-order valence-electron chi connectivity index (χ2n) is 6.77. The van der Waals surface area contributed by atoms with Gasteiger partial charge in [0.25, 0.3) is 0 Å². The van der Waals surface area contributed by atoms with Crippen LogP contribution in [0.15, 0.2) is 0 Å². The molecule has 6 heteroatoms. The van der Waals surface area contributed by atoms with Gasteiger partial charge in [0.15, 0.2) is 5.82 Å². The third-order valence-electron chi connectivity index (χ3n) is 4.83. The number of hydrogen-bond donors (Lipinski definition) is 1. The Morgan fingerprint density at radius 3 is 2.81 bits per heavy atom. The van der Waals surface area contributed by atoms with Crippen molar-refractivity contribution in [1.82, 2.24) is 25.0 Å². The first-order chi connectivity index (χ1) is 10.00. The first-order valence-corrected chi connectivity index (χ1v) is 7.91. The maximum atomic E-state index is 12.9. The number of amides is 1. The number of hydrogen-bond acceptors (Lipinski definition) is 4. The van der Waals surface area contributed by atoms with Gasteiger partial charge < -0.3 is 4.90 Å². The van der Waals surface area contributed by atoms with Gasteiger partial charge in [0, 0.05) is 19.1 Å². The minimum Gasteiger partial charge on any atom is -0.340 e. The van der Waals surface area contributed by atoms with E-state index in [1.54, 1.807) is 0 Å². The van der Waals surface area contributed by atoms with Crippen LogP contribution in [0.25, 0.3) is 0 Å². The molecule has 6 nitrogen and oxygen atoms in total. The zero-order valence-corrected chi connectivity index (χ0v) is 13.2. The van der Waals surface area contributed by atoms with E-state index in [0.717, 1.165) is 57.1 Å². The third-order valence-corrected chi connectivity index (χ3v) is 4.83. The molecule has 3 rings (SSSR count). The van der Waals surface area contributed by atoms with Crippen LogP contribution in [0.2, 0.25) is 0 Å². The number of rotatable bonds is 3. The number of H-pyrrole nitrogens is 1. The quantitative estimate of drug-likeness (QED) is 0.912. The van der Waals surface area contributed by atoms with E-state index in [-0.39, 0.29) is 5.41 Å². The highest BCUT2D eigenvalue weighted by Crippen LogP contribution is 2.40. The summed E-state index contributed by atoms with van der Waals surface area (Å²) in [6, 6.07) is 0.305. The summed E-state index contributed by atoms with van der Waals surface area (Å²) in [7, 11) is 0. The largest absolute Gasteiger partial charge is 0.340 e. The van der Waals surface area contributed by atoms with Crippen molar-refractivity contribution in [2.24, 2.45) is 5.41 Å². The SMILES string of the molecule is Cc1nc(CN2CC[C@]3(CCCN(C(C)C)C3=O)C2)n[nH]1. The highest BCUT2D eigenvalue weighted by atomic mass is 16.2. The Labute approximate surface area is 125 Å². The maximum absolute atomic E-state index is 12.9. The predicted molar refractivity (Wildman–Crippen MR) is 79.5 cm³/mol. The third kappa shape index (κ3) is 2.69. The molecule has 1 N–H and O–H groups in total. The van der Waals surface area contributed by atoms with Gasteiger partial charge in [0.2, 0.25) is 5.91 Å². The van der Waals surface area contributed by atoms with Crippen molar-refractivity contribution in [2.45, 2.75) is 52.6 Å². The fourth-order valence-electron chi connectivity index (χ4n) is 3.73. The molecule has 1 spiro atoms. The lowest BCUT2D eigenvalue weighted by Crippen LogP contribution is -2.52. The topological polar surface area (TPSA) is 65.1 Å². The molecule has 1 atom stereocenters. The summed E-state index contributed by atoms with van der Waals surface area (Å²) in [6.07, 6.45) is 3.12. The van der Waals surface area contributed by atoms with E-state index in [9.17, 15) is 4.79 Å². The first-order valence-electron chi connectivity index (χ1n) is 7.91. The van der Waals surface area contributed by atoms with Crippen molar-refractivity contribution in [1.29, 1.82) is 0 Å². The van der Waals surface area contributed by atoms with Gasteiger partial charge in [-0.05, 0) is 46.6 Å². The Hall–Kier alpha value is -1.43. The number of aromatic amines is 1. The van der Waals surface area contributed by atoms with Crippen molar-refractivity contribution in [3.63, 3.8) is 0 Å². The molecule has 2 saturated heterocycles. The molecule has 2 aliphatic rings. The smallest absolute Gasteiger partial charge is 0.230 e. The van der Waals surface area contributed by atoms with Crippen LogP contribution in [0.1, 0.15) is 44.8 Å². The van der Waals surface area contributed by atoms with Crippen molar-refractivity contribution < 1.29 is 4.79 Å². The van der Waals surface area contributed by atoms with Crippen molar-refractivity contribution in [3.05, 3.63) is 11.6 Å². The Balaban J connectivity index is 1.68. The number of nitrogens with zero attached hydrogens (tertiary/aromatic N) is 4. The van der Waals surface area contributed by atoms with E-state index in [2.05, 4.69) is 38.8 Å². The molecule has 0 aromatic carbocycles.